The van der Waals surface area contributed by atoms with Crippen LogP contribution in [0.25, 0.3) is 0 Å². The third-order valence-electron chi connectivity index (χ3n) is 4.42. The van der Waals surface area contributed by atoms with E-state index in [1.807, 2.05) is 0 Å². The molecule has 0 spiro atoms. The van der Waals surface area contributed by atoms with Crippen LogP contribution in [0.3, 0.4) is 0 Å². The first-order valence-electron chi connectivity index (χ1n) is 5.68. The van der Waals surface area contributed by atoms with Crippen molar-refractivity contribution < 1.29 is 0 Å². The zero-order valence-corrected chi connectivity index (χ0v) is 13.9. The molecule has 1 fully saturated rings. The topological polar surface area (TPSA) is 6.48 Å². The quantitative estimate of drug-likeness (QED) is 0.724. The van der Waals surface area contributed by atoms with Gasteiger partial charge in [-0.3, -0.25) is 0 Å². The van der Waals surface area contributed by atoms with Gasteiger partial charge < -0.3 is 0 Å². The van der Waals surface area contributed by atoms with Gasteiger partial charge in [0.2, 0.25) is 0 Å². The zero-order valence-electron chi connectivity index (χ0n) is 11.0. The van der Waals surface area contributed by atoms with E-state index >= 15 is 0 Å². The second-order valence-electron chi connectivity index (χ2n) is 5.70. The molecular formula is C11H26N2Sn. The van der Waals surface area contributed by atoms with Crippen LogP contribution in [-0.4, -0.2) is 44.9 Å². The summed E-state index contributed by atoms with van der Waals surface area (Å²) in [6.07, 6.45) is 0. The van der Waals surface area contributed by atoms with Crippen molar-refractivity contribution in [2.24, 2.45) is 0 Å². The second kappa shape index (κ2) is 3.63. The van der Waals surface area contributed by atoms with Crippen LogP contribution in [0, 0.1) is 0 Å². The van der Waals surface area contributed by atoms with Gasteiger partial charge in [-0.1, -0.05) is 0 Å². The van der Waals surface area contributed by atoms with Crippen molar-refractivity contribution in [3.8, 4) is 0 Å². The van der Waals surface area contributed by atoms with E-state index in [9.17, 15) is 0 Å². The average molecular weight is 305 g/mol. The van der Waals surface area contributed by atoms with Crippen molar-refractivity contribution in [1.82, 2.24) is 6.24 Å². The Morgan fingerprint density at radius 3 is 1.29 bits per heavy atom. The van der Waals surface area contributed by atoms with Crippen LogP contribution < -0.4 is 0 Å². The molecule has 1 aliphatic heterocycles. The summed E-state index contributed by atoms with van der Waals surface area (Å²) in [6, 6.07) is 0. The fourth-order valence-electron chi connectivity index (χ4n) is 3.50. The summed E-state index contributed by atoms with van der Waals surface area (Å²) in [5.41, 5.74) is 0.296. The molecule has 1 aliphatic rings. The summed E-state index contributed by atoms with van der Waals surface area (Å²) in [5.74, 6) is 0. The Morgan fingerprint density at radius 1 is 0.857 bits per heavy atom. The molecule has 0 aromatic rings. The van der Waals surface area contributed by atoms with Gasteiger partial charge in [-0.2, -0.15) is 0 Å². The van der Waals surface area contributed by atoms with E-state index in [0.29, 0.717) is 5.66 Å². The summed E-state index contributed by atoms with van der Waals surface area (Å²) in [5, 5.41) is 0. The minimum atomic E-state index is -2.20. The Kier molecular flexibility index (Phi) is 3.32. The monoisotopic (exact) mass is 306 g/mol. The molecule has 0 aromatic heterocycles. The summed E-state index contributed by atoms with van der Waals surface area (Å²) < 4.78 is 7.20. The van der Waals surface area contributed by atoms with Gasteiger partial charge in [-0.25, -0.2) is 0 Å². The van der Waals surface area contributed by atoms with E-state index in [0.717, 1.165) is 7.87 Å². The molecule has 0 atom stereocenters. The van der Waals surface area contributed by atoms with E-state index in [2.05, 4.69) is 61.9 Å². The van der Waals surface area contributed by atoms with Crippen LogP contribution in [0.5, 0.6) is 0 Å². The van der Waals surface area contributed by atoms with Gasteiger partial charge in [0.1, 0.15) is 0 Å². The maximum atomic E-state index is 2.73. The Balaban J connectivity index is 3.05. The van der Waals surface area contributed by atoms with E-state index in [-0.39, 0.29) is 0 Å². The van der Waals surface area contributed by atoms with Gasteiger partial charge in [0.05, 0.1) is 0 Å². The van der Waals surface area contributed by atoms with Crippen LogP contribution in [0.4, 0.5) is 0 Å². The van der Waals surface area contributed by atoms with Crippen LogP contribution >= 0.6 is 0 Å². The molecule has 0 saturated carbocycles. The third-order valence-corrected chi connectivity index (χ3v) is 23.4. The summed E-state index contributed by atoms with van der Waals surface area (Å²) >= 11 is -2.20. The van der Waals surface area contributed by atoms with E-state index in [1.54, 1.807) is 0 Å². The predicted octanol–water partition coefficient (Wildman–Crippen LogP) is 2.86. The summed E-state index contributed by atoms with van der Waals surface area (Å²) in [7, 11) is 4.69. The Morgan fingerprint density at radius 2 is 1.14 bits per heavy atom. The maximum absolute atomic E-state index is 2.73. The van der Waals surface area contributed by atoms with Crippen LogP contribution in [0.1, 0.15) is 41.5 Å². The zero-order chi connectivity index (χ0) is 11.3. The molecule has 0 amide bonds. The number of nitrogens with zero attached hydrogens (tertiary/aromatic N) is 2. The first-order valence-corrected chi connectivity index (χ1v) is 11.5. The minimum absolute atomic E-state index is 0.296. The standard InChI is InChI=1S/C5H12N2.2C3H7.Sn/c1-5(2,6-3)7-4;2*1-3-2;/h1-4H3;2*3H,1-2H3;/q-2;;;+2. The molecule has 0 bridgehead atoms. The summed E-state index contributed by atoms with van der Waals surface area (Å²) in [6.45, 7) is 14.3. The van der Waals surface area contributed by atoms with E-state index in [4.69, 9.17) is 0 Å². The molecule has 0 aromatic carbocycles. The molecule has 3 heteroatoms. The molecule has 1 saturated heterocycles. The number of hydrogen-bond donors (Lipinski definition) is 0. The first kappa shape index (κ1) is 12.8. The van der Waals surface area contributed by atoms with E-state index in [1.165, 1.54) is 0 Å². The Bertz CT molecular complexity index is 201. The van der Waals surface area contributed by atoms with Crippen molar-refractivity contribution in [2.45, 2.75) is 55.1 Å². The fraction of sp³-hybridized carbons (Fsp3) is 1.00. The third kappa shape index (κ3) is 1.30. The van der Waals surface area contributed by atoms with Gasteiger partial charge in [0.15, 0.2) is 0 Å². The van der Waals surface area contributed by atoms with Crippen molar-refractivity contribution in [3.05, 3.63) is 0 Å². The average Bonchev–Trinajstić information content (AvgIpc) is 2.03. The van der Waals surface area contributed by atoms with Gasteiger partial charge in [-0.05, 0) is 0 Å². The van der Waals surface area contributed by atoms with E-state index < -0.39 is 18.9 Å². The number of rotatable bonds is 2. The van der Waals surface area contributed by atoms with Crippen LogP contribution in [-0.2, 0) is 0 Å². The van der Waals surface area contributed by atoms with Gasteiger partial charge in [0.25, 0.3) is 0 Å². The van der Waals surface area contributed by atoms with Gasteiger partial charge in [0, 0.05) is 0 Å². The molecule has 0 aliphatic carbocycles. The number of hydrogen-bond acceptors (Lipinski definition) is 2. The molecular weight excluding hydrogens is 279 g/mol. The SMILES string of the molecule is C[CH](C)[Sn]1([CH](C)C)[N](C)C(C)(C)[N]1C. The van der Waals surface area contributed by atoms with Gasteiger partial charge >= 0.3 is 94.3 Å². The van der Waals surface area contributed by atoms with Gasteiger partial charge in [-0.15, -0.1) is 0 Å². The van der Waals surface area contributed by atoms with Crippen LogP contribution in [0.15, 0.2) is 0 Å². The molecule has 1 rings (SSSR count). The van der Waals surface area contributed by atoms with Crippen molar-refractivity contribution in [3.63, 3.8) is 0 Å². The van der Waals surface area contributed by atoms with Crippen molar-refractivity contribution >= 4 is 18.9 Å². The molecule has 84 valence electrons. The predicted molar refractivity (Wildman–Crippen MR) is 65.6 cm³/mol. The van der Waals surface area contributed by atoms with Crippen molar-refractivity contribution in [2.75, 3.05) is 14.1 Å². The fourth-order valence-corrected chi connectivity index (χ4v) is 22.9. The Labute approximate surface area is 94.2 Å². The Hall–Kier alpha value is 0.719. The van der Waals surface area contributed by atoms with Crippen LogP contribution in [0.2, 0.25) is 7.87 Å². The molecule has 1 heterocycles. The molecule has 0 N–H and O–H groups in total. The normalized spacial score (nSPS) is 27.0. The first-order chi connectivity index (χ1) is 6.20. The molecule has 0 unspecified atom stereocenters. The molecule has 14 heavy (non-hydrogen) atoms. The van der Waals surface area contributed by atoms with Crippen molar-refractivity contribution in [1.29, 1.82) is 0 Å². The molecule has 0 radical (unpaired) electrons. The summed E-state index contributed by atoms with van der Waals surface area (Å²) in [4.78, 5) is 0. The second-order valence-corrected chi connectivity index (χ2v) is 20.6. The molecule has 2 nitrogen and oxygen atoms in total.